The van der Waals surface area contributed by atoms with Crippen molar-refractivity contribution in [2.24, 2.45) is 0 Å². The molecule has 1 aliphatic carbocycles. The van der Waals surface area contributed by atoms with Crippen LogP contribution in [-0.4, -0.2) is 25.1 Å². The lowest BCUT2D eigenvalue weighted by Gasteiger charge is -2.10. The smallest absolute Gasteiger partial charge is 0.193 e. The molecule has 1 aromatic carbocycles. The molecule has 21 heavy (non-hydrogen) atoms. The second-order valence-electron chi connectivity index (χ2n) is 4.63. The summed E-state index contributed by atoms with van der Waals surface area (Å²) in [6, 6.07) is 2.97. The van der Waals surface area contributed by atoms with Crippen LogP contribution in [0.2, 0.25) is 0 Å². The number of methoxy groups -OCH3 is 2. The third-order valence-corrected chi connectivity index (χ3v) is 3.25. The highest BCUT2D eigenvalue weighted by atomic mass is 16.5. The van der Waals surface area contributed by atoms with Crippen molar-refractivity contribution in [1.29, 1.82) is 0 Å². The van der Waals surface area contributed by atoms with Crippen molar-refractivity contribution in [1.82, 2.24) is 0 Å². The van der Waals surface area contributed by atoms with Gasteiger partial charge >= 0.3 is 0 Å². The largest absolute Gasteiger partial charge is 0.507 e. The molecule has 1 N–H and O–H groups in total. The van der Waals surface area contributed by atoms with Gasteiger partial charge in [-0.1, -0.05) is 24.3 Å². The summed E-state index contributed by atoms with van der Waals surface area (Å²) in [5, 5.41) is 10.0. The zero-order chi connectivity index (χ0) is 15.2. The second kappa shape index (κ2) is 6.79. The van der Waals surface area contributed by atoms with Gasteiger partial charge in [-0.15, -0.1) is 0 Å². The number of rotatable bonds is 5. The molecule has 0 aliphatic heterocycles. The number of hydrogen-bond acceptors (Lipinski definition) is 4. The van der Waals surface area contributed by atoms with Gasteiger partial charge in [0.2, 0.25) is 0 Å². The van der Waals surface area contributed by atoms with Crippen molar-refractivity contribution >= 4 is 5.78 Å². The first kappa shape index (κ1) is 14.9. The number of benzene rings is 1. The third-order valence-electron chi connectivity index (χ3n) is 3.25. The highest BCUT2D eigenvalue weighted by Crippen LogP contribution is 2.33. The van der Waals surface area contributed by atoms with Crippen molar-refractivity contribution in [2.75, 3.05) is 14.2 Å². The number of hydrogen-bond donors (Lipinski definition) is 1. The molecule has 1 aliphatic rings. The number of ketones is 1. The first-order valence-corrected chi connectivity index (χ1v) is 6.69. The lowest BCUT2D eigenvalue weighted by Crippen LogP contribution is -2.01. The van der Waals surface area contributed by atoms with Gasteiger partial charge in [0.1, 0.15) is 22.8 Å². The number of phenolic OH excluding ortho intramolecular Hbond substituents is 1. The summed E-state index contributed by atoms with van der Waals surface area (Å²) in [7, 11) is 2.93. The average molecular weight is 286 g/mol. The van der Waals surface area contributed by atoms with Crippen LogP contribution in [0.3, 0.4) is 0 Å². The van der Waals surface area contributed by atoms with Gasteiger partial charge in [-0.25, -0.2) is 0 Å². The summed E-state index contributed by atoms with van der Waals surface area (Å²) in [5.41, 5.74) is 1.22. The summed E-state index contributed by atoms with van der Waals surface area (Å²) < 4.78 is 10.2. The molecule has 110 valence electrons. The van der Waals surface area contributed by atoms with Gasteiger partial charge in [-0.3, -0.25) is 4.79 Å². The van der Waals surface area contributed by atoms with Gasteiger partial charge in [0.05, 0.1) is 14.2 Å². The molecule has 0 saturated carbocycles. The molecule has 0 atom stereocenters. The van der Waals surface area contributed by atoms with E-state index >= 15 is 0 Å². The molecule has 0 unspecified atom stereocenters. The summed E-state index contributed by atoms with van der Waals surface area (Å²) in [6.45, 7) is 0. The van der Waals surface area contributed by atoms with E-state index in [0.717, 1.165) is 18.4 Å². The van der Waals surface area contributed by atoms with E-state index in [9.17, 15) is 9.90 Å². The number of aromatic hydroxyl groups is 1. The van der Waals surface area contributed by atoms with Crippen LogP contribution in [0, 0.1) is 0 Å². The van der Waals surface area contributed by atoms with Crippen molar-refractivity contribution in [2.45, 2.75) is 12.8 Å². The second-order valence-corrected chi connectivity index (χ2v) is 4.63. The van der Waals surface area contributed by atoms with E-state index < -0.39 is 0 Å². The van der Waals surface area contributed by atoms with Gasteiger partial charge in [-0.05, 0) is 24.5 Å². The summed E-state index contributed by atoms with van der Waals surface area (Å²) >= 11 is 0. The Hall–Kier alpha value is -2.49. The molecule has 0 fully saturated rings. The van der Waals surface area contributed by atoms with Gasteiger partial charge < -0.3 is 14.6 Å². The molecular formula is C17H18O4. The monoisotopic (exact) mass is 286 g/mol. The molecule has 0 heterocycles. The summed E-state index contributed by atoms with van der Waals surface area (Å²) in [6.07, 6.45) is 11.1. The lowest BCUT2D eigenvalue weighted by molar-refractivity contribution is 0.104. The van der Waals surface area contributed by atoms with E-state index in [-0.39, 0.29) is 17.1 Å². The van der Waals surface area contributed by atoms with Crippen molar-refractivity contribution in [3.63, 3.8) is 0 Å². The maximum atomic E-state index is 12.3. The highest BCUT2D eigenvalue weighted by molar-refractivity contribution is 6.09. The predicted octanol–water partition coefficient (Wildman–Crippen LogP) is 3.42. The fraction of sp³-hybridized carbons (Fsp3) is 0.235. The van der Waals surface area contributed by atoms with Gasteiger partial charge in [-0.2, -0.15) is 0 Å². The SMILES string of the molecule is COc1cc(O)c(C(=O)C=CC2=CC=CCC2)c(OC)c1. The molecule has 0 saturated heterocycles. The number of carbonyl (C=O) groups excluding carboxylic acids is 1. The van der Waals surface area contributed by atoms with E-state index in [2.05, 4.69) is 6.08 Å². The van der Waals surface area contributed by atoms with Crippen molar-refractivity contribution in [3.05, 3.63) is 53.6 Å². The Kier molecular flexibility index (Phi) is 4.82. The van der Waals surface area contributed by atoms with E-state index in [0.29, 0.717) is 11.5 Å². The standard InChI is InChI=1S/C17H18O4/c1-20-13-10-15(19)17(16(11-13)21-2)14(18)9-8-12-6-4-3-5-7-12/h3-4,6,8-11,19H,5,7H2,1-2H3. The van der Waals surface area contributed by atoms with E-state index in [1.807, 2.05) is 12.2 Å². The minimum Gasteiger partial charge on any atom is -0.507 e. The van der Waals surface area contributed by atoms with Crippen LogP contribution in [0.15, 0.2) is 48.1 Å². The van der Waals surface area contributed by atoms with Crippen LogP contribution in [-0.2, 0) is 0 Å². The van der Waals surface area contributed by atoms with E-state index in [4.69, 9.17) is 9.47 Å². The molecule has 0 bridgehead atoms. The van der Waals surface area contributed by atoms with Gasteiger partial charge in [0, 0.05) is 12.1 Å². The third kappa shape index (κ3) is 3.54. The maximum Gasteiger partial charge on any atom is 0.193 e. The average Bonchev–Trinajstić information content (AvgIpc) is 2.52. The molecule has 0 spiro atoms. The normalized spacial score (nSPS) is 14.1. The Bertz CT molecular complexity index is 624. The Morgan fingerprint density at radius 1 is 1.29 bits per heavy atom. The van der Waals surface area contributed by atoms with Crippen LogP contribution < -0.4 is 9.47 Å². The minimum absolute atomic E-state index is 0.140. The topological polar surface area (TPSA) is 55.8 Å². The molecule has 1 aromatic rings. The first-order chi connectivity index (χ1) is 10.2. The first-order valence-electron chi connectivity index (χ1n) is 6.69. The number of phenols is 1. The highest BCUT2D eigenvalue weighted by Gasteiger charge is 2.17. The molecule has 0 radical (unpaired) electrons. The molecule has 0 amide bonds. The zero-order valence-electron chi connectivity index (χ0n) is 12.1. The minimum atomic E-state index is -0.303. The fourth-order valence-corrected chi connectivity index (χ4v) is 2.13. The van der Waals surface area contributed by atoms with Crippen LogP contribution in [0.25, 0.3) is 0 Å². The number of carbonyl (C=O) groups is 1. The Morgan fingerprint density at radius 3 is 2.71 bits per heavy atom. The Morgan fingerprint density at radius 2 is 2.10 bits per heavy atom. The van der Waals surface area contributed by atoms with Crippen molar-refractivity contribution < 1.29 is 19.4 Å². The fourth-order valence-electron chi connectivity index (χ4n) is 2.13. The van der Waals surface area contributed by atoms with E-state index in [1.54, 1.807) is 12.1 Å². The van der Waals surface area contributed by atoms with E-state index in [1.165, 1.54) is 26.4 Å². The van der Waals surface area contributed by atoms with Gasteiger partial charge in [0.25, 0.3) is 0 Å². The molecule has 4 nitrogen and oxygen atoms in total. The number of allylic oxidation sites excluding steroid dienone is 6. The van der Waals surface area contributed by atoms with Crippen molar-refractivity contribution in [3.8, 4) is 17.2 Å². The zero-order valence-corrected chi connectivity index (χ0v) is 12.1. The molecular weight excluding hydrogens is 268 g/mol. The molecule has 0 aromatic heterocycles. The summed E-state index contributed by atoms with van der Waals surface area (Å²) in [5.74, 6) is 0.268. The van der Waals surface area contributed by atoms with Crippen LogP contribution >= 0.6 is 0 Å². The quantitative estimate of drug-likeness (QED) is 0.665. The van der Waals surface area contributed by atoms with Crippen LogP contribution in [0.5, 0.6) is 17.2 Å². The number of ether oxygens (including phenoxy) is 2. The lowest BCUT2D eigenvalue weighted by atomic mass is 10.0. The van der Waals surface area contributed by atoms with Crippen LogP contribution in [0.1, 0.15) is 23.2 Å². The Balaban J connectivity index is 2.28. The molecule has 4 heteroatoms. The Labute approximate surface area is 124 Å². The van der Waals surface area contributed by atoms with Crippen LogP contribution in [0.4, 0.5) is 0 Å². The molecule has 2 rings (SSSR count). The maximum absolute atomic E-state index is 12.3. The summed E-state index contributed by atoms with van der Waals surface area (Å²) in [4.78, 5) is 12.3. The predicted molar refractivity (Wildman–Crippen MR) is 81.1 cm³/mol. The van der Waals surface area contributed by atoms with Gasteiger partial charge in [0.15, 0.2) is 5.78 Å².